The topological polar surface area (TPSA) is 86.4 Å². The Morgan fingerprint density at radius 1 is 1.26 bits per heavy atom. The van der Waals surface area contributed by atoms with Crippen molar-refractivity contribution in [3.8, 4) is 17.3 Å². The maximum absolute atomic E-state index is 13.9. The number of hydrogen-bond donors (Lipinski definition) is 0. The molecule has 2 aromatic carbocycles. The van der Waals surface area contributed by atoms with Crippen LogP contribution in [0.2, 0.25) is 0 Å². The average Bonchev–Trinajstić information content (AvgIpc) is 3.12. The number of aromatic nitrogens is 1. The standard InChI is InChI=1S/C21H18F2N4O2S2/c1-13-20(31(3,29)25-12-24)30-21(26-13)27(2)19(28)10-14-4-6-15(7-5-14)17-11-16(22)8-9-18(17)23/h4-9,11H,10H2,1-3H3. The van der Waals surface area contributed by atoms with E-state index in [2.05, 4.69) is 9.35 Å². The Morgan fingerprint density at radius 2 is 1.94 bits per heavy atom. The Balaban J connectivity index is 1.78. The largest absolute Gasteiger partial charge is 0.291 e. The molecule has 0 fully saturated rings. The zero-order chi connectivity index (χ0) is 22.8. The summed E-state index contributed by atoms with van der Waals surface area (Å²) in [6, 6.07) is 9.85. The summed E-state index contributed by atoms with van der Waals surface area (Å²) in [5.41, 5.74) is 1.78. The van der Waals surface area contributed by atoms with Crippen molar-refractivity contribution in [3.05, 3.63) is 65.4 Å². The van der Waals surface area contributed by atoms with Crippen molar-refractivity contribution in [2.24, 2.45) is 4.36 Å². The molecule has 1 unspecified atom stereocenters. The zero-order valence-corrected chi connectivity index (χ0v) is 18.6. The van der Waals surface area contributed by atoms with Crippen LogP contribution in [0.1, 0.15) is 11.3 Å². The maximum Gasteiger partial charge on any atom is 0.232 e. The molecule has 0 bridgehead atoms. The Labute approximate surface area is 183 Å². The molecule has 6 nitrogen and oxygen atoms in total. The summed E-state index contributed by atoms with van der Waals surface area (Å²) in [6.07, 6.45) is 2.96. The lowest BCUT2D eigenvalue weighted by Gasteiger charge is -2.14. The van der Waals surface area contributed by atoms with E-state index in [1.54, 1.807) is 44.4 Å². The highest BCUT2D eigenvalue weighted by Gasteiger charge is 2.21. The summed E-state index contributed by atoms with van der Waals surface area (Å²) < 4.78 is 43.7. The molecular formula is C21H18F2N4O2S2. The second-order valence-corrected chi connectivity index (χ2v) is 10.2. The molecule has 10 heteroatoms. The molecule has 1 atom stereocenters. The number of carbonyl (C=O) groups excluding carboxylic acids is 1. The maximum atomic E-state index is 13.9. The van der Waals surface area contributed by atoms with Crippen LogP contribution in [0, 0.1) is 30.0 Å². The summed E-state index contributed by atoms with van der Waals surface area (Å²) in [5.74, 6) is -1.32. The molecule has 0 aliphatic carbocycles. The van der Waals surface area contributed by atoms with Gasteiger partial charge in [-0.05, 0) is 36.2 Å². The highest BCUT2D eigenvalue weighted by molar-refractivity contribution is 7.95. The molecule has 160 valence electrons. The summed E-state index contributed by atoms with van der Waals surface area (Å²) in [7, 11) is -1.35. The monoisotopic (exact) mass is 460 g/mol. The first kappa shape index (κ1) is 22.5. The number of hydrogen-bond acceptors (Lipinski definition) is 6. The third kappa shape index (κ3) is 4.95. The molecule has 0 aliphatic rings. The molecule has 3 rings (SSSR count). The summed E-state index contributed by atoms with van der Waals surface area (Å²) in [4.78, 5) is 18.3. The van der Waals surface area contributed by atoms with Crippen molar-refractivity contribution < 1.29 is 17.8 Å². The Bertz CT molecular complexity index is 1300. The fourth-order valence-corrected chi connectivity index (χ4v) is 5.47. The number of nitriles is 1. The van der Waals surface area contributed by atoms with E-state index < -0.39 is 21.4 Å². The molecule has 1 amide bonds. The first-order chi connectivity index (χ1) is 14.6. The molecule has 1 aromatic heterocycles. The Morgan fingerprint density at radius 3 is 2.58 bits per heavy atom. The van der Waals surface area contributed by atoms with Gasteiger partial charge in [-0.15, -0.1) is 4.36 Å². The number of thiazole rings is 1. The predicted octanol–water partition coefficient (Wildman–Crippen LogP) is 4.54. The number of anilines is 1. The number of rotatable bonds is 5. The van der Waals surface area contributed by atoms with Gasteiger partial charge in [0.25, 0.3) is 0 Å². The molecule has 31 heavy (non-hydrogen) atoms. The number of likely N-dealkylation sites (N-methyl/N-ethyl adjacent to an activating group) is 1. The predicted molar refractivity (Wildman–Crippen MR) is 116 cm³/mol. The minimum Gasteiger partial charge on any atom is -0.291 e. The van der Waals surface area contributed by atoms with Crippen molar-refractivity contribution in [3.63, 3.8) is 0 Å². The van der Waals surface area contributed by atoms with Crippen molar-refractivity contribution in [1.29, 1.82) is 5.26 Å². The van der Waals surface area contributed by atoms with Crippen LogP contribution in [-0.4, -0.2) is 28.4 Å². The second-order valence-electron chi connectivity index (χ2n) is 6.81. The third-order valence-corrected chi connectivity index (χ3v) is 8.13. The molecular weight excluding hydrogens is 442 g/mol. The van der Waals surface area contributed by atoms with Crippen LogP contribution in [0.5, 0.6) is 0 Å². The zero-order valence-electron chi connectivity index (χ0n) is 16.9. The lowest BCUT2D eigenvalue weighted by Crippen LogP contribution is -2.27. The van der Waals surface area contributed by atoms with Gasteiger partial charge in [0, 0.05) is 18.9 Å². The van der Waals surface area contributed by atoms with Crippen LogP contribution >= 0.6 is 11.3 Å². The van der Waals surface area contributed by atoms with Gasteiger partial charge < -0.3 is 0 Å². The van der Waals surface area contributed by atoms with E-state index in [1.165, 1.54) is 11.2 Å². The van der Waals surface area contributed by atoms with E-state index in [0.29, 0.717) is 26.2 Å². The van der Waals surface area contributed by atoms with Crippen molar-refractivity contribution in [2.45, 2.75) is 17.6 Å². The molecule has 0 saturated heterocycles. The van der Waals surface area contributed by atoms with E-state index in [1.807, 2.05) is 0 Å². The first-order valence-electron chi connectivity index (χ1n) is 9.01. The SMILES string of the molecule is Cc1nc(N(C)C(=O)Cc2ccc(-c3cc(F)ccc3F)cc2)sc1S(C)(=O)=NC#N. The highest BCUT2D eigenvalue weighted by Crippen LogP contribution is 2.31. The van der Waals surface area contributed by atoms with Crippen LogP contribution < -0.4 is 4.90 Å². The molecule has 1 heterocycles. The number of amides is 1. The van der Waals surface area contributed by atoms with Crippen LogP contribution in [0.15, 0.2) is 51.0 Å². The van der Waals surface area contributed by atoms with E-state index >= 15 is 0 Å². The van der Waals surface area contributed by atoms with Crippen LogP contribution in [-0.2, 0) is 20.9 Å². The lowest BCUT2D eigenvalue weighted by atomic mass is 10.0. The minimum atomic E-state index is -2.90. The van der Waals surface area contributed by atoms with E-state index in [-0.39, 0.29) is 17.9 Å². The van der Waals surface area contributed by atoms with Crippen molar-refractivity contribution in [2.75, 3.05) is 18.2 Å². The van der Waals surface area contributed by atoms with Gasteiger partial charge in [-0.3, -0.25) is 9.69 Å². The fraction of sp³-hybridized carbons (Fsp3) is 0.190. The van der Waals surface area contributed by atoms with Gasteiger partial charge in [0.05, 0.1) is 21.8 Å². The quantitative estimate of drug-likeness (QED) is 0.523. The van der Waals surface area contributed by atoms with E-state index in [0.717, 1.165) is 29.5 Å². The van der Waals surface area contributed by atoms with Gasteiger partial charge in [-0.2, -0.15) is 5.26 Å². The number of halogens is 2. The summed E-state index contributed by atoms with van der Waals surface area (Å²) >= 11 is 1.05. The van der Waals surface area contributed by atoms with Gasteiger partial charge in [0.15, 0.2) is 5.13 Å². The second kappa shape index (κ2) is 8.91. The van der Waals surface area contributed by atoms with Gasteiger partial charge in [-0.25, -0.2) is 18.0 Å². The number of nitrogens with zero attached hydrogens (tertiary/aromatic N) is 4. The minimum absolute atomic E-state index is 0.0560. The van der Waals surface area contributed by atoms with Crippen molar-refractivity contribution in [1.82, 2.24) is 4.98 Å². The first-order valence-corrected chi connectivity index (χ1v) is 11.7. The summed E-state index contributed by atoms with van der Waals surface area (Å²) in [6.45, 7) is 1.65. The smallest absolute Gasteiger partial charge is 0.232 e. The molecule has 0 N–H and O–H groups in total. The van der Waals surface area contributed by atoms with Gasteiger partial charge >= 0.3 is 0 Å². The van der Waals surface area contributed by atoms with Crippen LogP contribution in [0.4, 0.5) is 13.9 Å². The number of aryl methyl sites for hydroxylation is 1. The van der Waals surface area contributed by atoms with Crippen LogP contribution in [0.3, 0.4) is 0 Å². The van der Waals surface area contributed by atoms with E-state index in [4.69, 9.17) is 5.26 Å². The molecule has 0 saturated carbocycles. The Kier molecular flexibility index (Phi) is 6.48. The third-order valence-electron chi connectivity index (χ3n) is 4.51. The van der Waals surface area contributed by atoms with Gasteiger partial charge in [-0.1, -0.05) is 35.6 Å². The molecule has 0 aliphatic heterocycles. The molecule has 0 radical (unpaired) electrons. The lowest BCUT2D eigenvalue weighted by molar-refractivity contribution is -0.117. The van der Waals surface area contributed by atoms with Crippen LogP contribution in [0.25, 0.3) is 11.1 Å². The van der Waals surface area contributed by atoms with Gasteiger partial charge in [0.1, 0.15) is 15.8 Å². The highest BCUT2D eigenvalue weighted by atomic mass is 32.2. The Hall–Kier alpha value is -3.16. The van der Waals surface area contributed by atoms with Crippen molar-refractivity contribution >= 4 is 32.1 Å². The normalized spacial score (nSPS) is 12.6. The average molecular weight is 461 g/mol. The summed E-state index contributed by atoms with van der Waals surface area (Å²) in [5, 5.41) is 9.07. The molecule has 3 aromatic rings. The van der Waals surface area contributed by atoms with E-state index in [9.17, 15) is 17.8 Å². The number of benzene rings is 2. The van der Waals surface area contributed by atoms with Gasteiger partial charge in [0.2, 0.25) is 12.1 Å². The molecule has 0 spiro atoms. The fourth-order valence-electron chi connectivity index (χ4n) is 2.90. The number of carbonyl (C=O) groups is 1.